The molecule has 2 heterocycles. The molecule has 1 aliphatic heterocycles. The van der Waals surface area contributed by atoms with Crippen molar-refractivity contribution < 1.29 is 23.4 Å². The Morgan fingerprint density at radius 1 is 1.48 bits per heavy atom. The summed E-state index contributed by atoms with van der Waals surface area (Å²) in [5.41, 5.74) is 4.10. The van der Waals surface area contributed by atoms with Gasteiger partial charge in [-0.15, -0.1) is 0 Å². The maximum Gasteiger partial charge on any atom is 0.330 e. The second-order valence-electron chi connectivity index (χ2n) is 6.88. The zero-order valence-corrected chi connectivity index (χ0v) is 17.5. The summed E-state index contributed by atoms with van der Waals surface area (Å²) in [7, 11) is -1.30. The third-order valence-electron chi connectivity index (χ3n) is 4.06. The number of aromatic amines is 1. The summed E-state index contributed by atoms with van der Waals surface area (Å²) in [5, 5.41) is 2.54. The van der Waals surface area contributed by atoms with Gasteiger partial charge in [0.05, 0.1) is 18.3 Å². The van der Waals surface area contributed by atoms with E-state index in [1.54, 1.807) is 0 Å². The molecule has 0 aromatic carbocycles. The molecule has 1 unspecified atom stereocenters. The first kappa shape index (κ1) is 23.2. The monoisotopic (exact) mass is 430 g/mol. The van der Waals surface area contributed by atoms with Crippen molar-refractivity contribution in [2.75, 3.05) is 40.1 Å². The summed E-state index contributed by atoms with van der Waals surface area (Å²) in [6, 6.07) is 0. The molecule has 0 aliphatic carbocycles. The van der Waals surface area contributed by atoms with Crippen LogP contribution in [0.15, 0.2) is 21.9 Å². The van der Waals surface area contributed by atoms with Crippen LogP contribution in [0.25, 0.3) is 6.08 Å². The highest BCUT2D eigenvalue weighted by molar-refractivity contribution is 7.57. The van der Waals surface area contributed by atoms with Crippen LogP contribution in [0.3, 0.4) is 0 Å². The molecular weight excluding hydrogens is 403 g/mol. The number of nitrogens with two attached hydrogens (primary N) is 1. The Morgan fingerprint density at radius 2 is 2.21 bits per heavy atom. The van der Waals surface area contributed by atoms with Crippen LogP contribution < -0.4 is 22.3 Å². The van der Waals surface area contributed by atoms with Crippen molar-refractivity contribution in [3.63, 3.8) is 0 Å². The van der Waals surface area contributed by atoms with E-state index < -0.39 is 43.0 Å². The number of hydrogen-bond acceptors (Lipinski definition) is 8. The number of aromatic nitrogens is 2. The number of methoxy groups -OCH3 is 1. The molecule has 162 valence electrons. The highest BCUT2D eigenvalue weighted by Gasteiger charge is 2.39. The normalized spacial score (nSPS) is 22.3. The third kappa shape index (κ3) is 6.76. The standard InChI is InChI=1S/C17H27N4O7P/c1-26-10-13-12(28-29(2,3)25)8-15(27-13)21-9-11(16(23)20-17(21)24)4-5-14(22)19-7-6-18/h4-5,9,12-13,15H,6-8,10,18H2,1-3H3,(H,19,22)(H,20,23,24)/b5-4+/t12?,13-,15-/m1/s1. The summed E-state index contributed by atoms with van der Waals surface area (Å²) in [4.78, 5) is 38.2. The number of carbonyl (C=O) groups excluding carboxylic acids is 1. The Hall–Kier alpha value is -2.04. The minimum absolute atomic E-state index is 0.0976. The Morgan fingerprint density at radius 3 is 2.83 bits per heavy atom. The fourth-order valence-corrected chi connectivity index (χ4v) is 3.75. The number of ether oxygens (including phenoxy) is 2. The Balaban J connectivity index is 2.26. The van der Waals surface area contributed by atoms with Crippen LogP contribution in [0.2, 0.25) is 0 Å². The minimum atomic E-state index is -2.80. The van der Waals surface area contributed by atoms with Crippen molar-refractivity contribution in [3.05, 3.63) is 38.7 Å². The number of rotatable bonds is 9. The van der Waals surface area contributed by atoms with Gasteiger partial charge in [-0.25, -0.2) is 4.79 Å². The number of H-pyrrole nitrogens is 1. The van der Waals surface area contributed by atoms with E-state index in [-0.39, 0.29) is 18.6 Å². The molecule has 0 radical (unpaired) electrons. The Bertz CT molecular complexity index is 904. The fraction of sp³-hybridized carbons (Fsp3) is 0.588. The van der Waals surface area contributed by atoms with Gasteiger partial charge in [-0.2, -0.15) is 0 Å². The number of amides is 1. The van der Waals surface area contributed by atoms with Crippen LogP contribution in [0.1, 0.15) is 18.2 Å². The molecule has 0 saturated carbocycles. The van der Waals surface area contributed by atoms with E-state index in [1.165, 1.54) is 43.4 Å². The van der Waals surface area contributed by atoms with Gasteiger partial charge in [0.2, 0.25) is 5.91 Å². The van der Waals surface area contributed by atoms with Gasteiger partial charge in [-0.1, -0.05) is 0 Å². The van der Waals surface area contributed by atoms with E-state index in [4.69, 9.17) is 19.7 Å². The summed E-state index contributed by atoms with van der Waals surface area (Å²) in [6.45, 7) is 3.77. The van der Waals surface area contributed by atoms with E-state index in [2.05, 4.69) is 10.3 Å². The highest BCUT2D eigenvalue weighted by Crippen LogP contribution is 2.44. The fourth-order valence-electron chi connectivity index (χ4n) is 2.88. The average molecular weight is 430 g/mol. The number of nitrogens with one attached hydrogen (secondary N) is 2. The second-order valence-corrected chi connectivity index (χ2v) is 9.60. The Labute approximate surface area is 167 Å². The molecule has 4 N–H and O–H groups in total. The molecule has 2 rings (SSSR count). The Kier molecular flexibility index (Phi) is 8.12. The van der Waals surface area contributed by atoms with Crippen molar-refractivity contribution >= 4 is 19.4 Å². The lowest BCUT2D eigenvalue weighted by Crippen LogP contribution is -2.33. The molecule has 12 heteroatoms. The maximum atomic E-state index is 12.3. The zero-order valence-electron chi connectivity index (χ0n) is 16.6. The summed E-state index contributed by atoms with van der Waals surface area (Å²) >= 11 is 0. The lowest BCUT2D eigenvalue weighted by Gasteiger charge is -2.20. The first-order chi connectivity index (χ1) is 13.6. The van der Waals surface area contributed by atoms with Gasteiger partial charge in [-0.3, -0.25) is 23.7 Å². The third-order valence-corrected chi connectivity index (χ3v) is 4.84. The van der Waals surface area contributed by atoms with Crippen molar-refractivity contribution in [2.45, 2.75) is 24.9 Å². The zero-order chi connectivity index (χ0) is 21.6. The predicted molar refractivity (Wildman–Crippen MR) is 107 cm³/mol. The van der Waals surface area contributed by atoms with Gasteiger partial charge >= 0.3 is 5.69 Å². The number of hydrogen-bond donors (Lipinski definition) is 3. The molecule has 1 aliphatic rings. The van der Waals surface area contributed by atoms with E-state index in [1.807, 2.05) is 0 Å². The molecule has 0 bridgehead atoms. The second kappa shape index (κ2) is 10.1. The van der Waals surface area contributed by atoms with Crippen molar-refractivity contribution in [1.29, 1.82) is 0 Å². The quantitative estimate of drug-likeness (QED) is 0.349. The van der Waals surface area contributed by atoms with E-state index in [0.717, 1.165) is 0 Å². The average Bonchev–Trinajstić information content (AvgIpc) is 3.00. The van der Waals surface area contributed by atoms with Crippen LogP contribution in [-0.4, -0.2) is 67.8 Å². The van der Waals surface area contributed by atoms with E-state index in [0.29, 0.717) is 13.1 Å². The number of nitrogens with zero attached hydrogens (tertiary/aromatic N) is 1. The molecule has 1 aromatic heterocycles. The lowest BCUT2D eigenvalue weighted by molar-refractivity contribution is -0.116. The minimum Gasteiger partial charge on any atom is -0.382 e. The van der Waals surface area contributed by atoms with Gasteiger partial charge in [0.25, 0.3) is 5.56 Å². The summed E-state index contributed by atoms with van der Waals surface area (Å²) in [6.07, 6.45) is 2.19. The lowest BCUT2D eigenvalue weighted by atomic mass is 10.2. The van der Waals surface area contributed by atoms with Crippen LogP contribution >= 0.6 is 7.37 Å². The van der Waals surface area contributed by atoms with Crippen molar-refractivity contribution in [2.24, 2.45) is 5.73 Å². The largest absolute Gasteiger partial charge is 0.382 e. The predicted octanol–water partition coefficient (Wildman–Crippen LogP) is -0.518. The van der Waals surface area contributed by atoms with Gasteiger partial charge in [0, 0.05) is 52.2 Å². The number of carbonyl (C=O) groups is 1. The van der Waals surface area contributed by atoms with Crippen LogP contribution in [0.5, 0.6) is 0 Å². The van der Waals surface area contributed by atoms with Crippen molar-refractivity contribution in [3.8, 4) is 0 Å². The molecule has 29 heavy (non-hydrogen) atoms. The molecule has 1 amide bonds. The van der Waals surface area contributed by atoms with Crippen LogP contribution in [0, 0.1) is 0 Å². The van der Waals surface area contributed by atoms with Gasteiger partial charge < -0.3 is 25.0 Å². The smallest absolute Gasteiger partial charge is 0.330 e. The first-order valence-corrected chi connectivity index (χ1v) is 11.6. The van der Waals surface area contributed by atoms with E-state index >= 15 is 0 Å². The molecule has 11 nitrogen and oxygen atoms in total. The summed E-state index contributed by atoms with van der Waals surface area (Å²) in [5.74, 6) is -0.417. The first-order valence-electron chi connectivity index (χ1n) is 9.04. The molecular formula is C17H27N4O7P. The highest BCUT2D eigenvalue weighted by atomic mass is 31.2. The maximum absolute atomic E-state index is 12.3. The van der Waals surface area contributed by atoms with E-state index in [9.17, 15) is 18.9 Å². The van der Waals surface area contributed by atoms with Gasteiger partial charge in [0.1, 0.15) is 12.3 Å². The SMILES string of the molecule is COC[C@H]1O[C@@H](n2cc(/C=C/C(=O)NCCN)c(=O)[nH]c2=O)CC1OP(C)(C)=O. The topological polar surface area (TPSA) is 155 Å². The van der Waals surface area contributed by atoms with Crippen LogP contribution in [-0.2, 0) is 23.4 Å². The van der Waals surface area contributed by atoms with Crippen molar-refractivity contribution in [1.82, 2.24) is 14.9 Å². The molecule has 0 spiro atoms. The van der Waals surface area contributed by atoms with Gasteiger partial charge in [0.15, 0.2) is 7.37 Å². The molecule has 3 atom stereocenters. The molecule has 1 fully saturated rings. The van der Waals surface area contributed by atoms with Gasteiger partial charge in [-0.05, 0) is 6.08 Å². The molecule has 1 aromatic rings. The van der Waals surface area contributed by atoms with Crippen LogP contribution in [0.4, 0.5) is 0 Å². The summed E-state index contributed by atoms with van der Waals surface area (Å²) < 4.78 is 29.9. The molecule has 1 saturated heterocycles.